The van der Waals surface area contributed by atoms with Crippen molar-refractivity contribution in [2.24, 2.45) is 0 Å². The molecule has 196 valence electrons. The van der Waals surface area contributed by atoms with E-state index in [1.165, 1.54) is 0 Å². The van der Waals surface area contributed by atoms with E-state index in [0.29, 0.717) is 22.8 Å². The molecule has 2 aliphatic carbocycles. The van der Waals surface area contributed by atoms with Gasteiger partial charge in [0, 0.05) is 5.22 Å². The SMILES string of the molecule is [C-]#[N+]/C(C#N)=c1\c2c(/c(=C(/C#N)[N+]#[C-])c3c1Cc1c-3ccc(C(F)(F)F)c1C(F)(F)F)-c1ccc(C)c(C)c1C2. The van der Waals surface area contributed by atoms with Crippen LogP contribution in [0.1, 0.15) is 44.5 Å². The molecular weight excluding hydrogens is 530 g/mol. The van der Waals surface area contributed by atoms with Crippen LogP contribution in [0.4, 0.5) is 26.3 Å². The summed E-state index contributed by atoms with van der Waals surface area (Å²) >= 11 is 0. The van der Waals surface area contributed by atoms with Gasteiger partial charge in [-0.15, -0.1) is 0 Å². The summed E-state index contributed by atoms with van der Waals surface area (Å²) in [6.07, 6.45) is -11.2. The molecule has 0 amide bonds. The lowest BCUT2D eigenvalue weighted by Crippen LogP contribution is -2.25. The molecular formula is C30H14F6N4. The molecule has 3 aromatic carbocycles. The largest absolute Gasteiger partial charge is 0.417 e. The Morgan fingerprint density at radius 3 is 1.73 bits per heavy atom. The summed E-state index contributed by atoms with van der Waals surface area (Å²) in [7, 11) is 0. The topological polar surface area (TPSA) is 56.3 Å². The summed E-state index contributed by atoms with van der Waals surface area (Å²) in [5.41, 5.74) is -1.54. The third kappa shape index (κ3) is 3.58. The quantitative estimate of drug-likeness (QED) is 0.163. The number of rotatable bonds is 0. The van der Waals surface area contributed by atoms with Crippen LogP contribution in [0.25, 0.3) is 43.3 Å². The molecule has 0 fully saturated rings. The fourth-order valence-electron chi connectivity index (χ4n) is 5.92. The number of nitriles is 2. The molecule has 5 rings (SSSR count). The summed E-state index contributed by atoms with van der Waals surface area (Å²) < 4.78 is 84.0. The minimum absolute atomic E-state index is 0.00200. The van der Waals surface area contributed by atoms with Crippen molar-refractivity contribution in [1.82, 2.24) is 0 Å². The number of nitrogens with zero attached hydrogens (tertiary/aromatic N) is 4. The lowest BCUT2D eigenvalue weighted by molar-refractivity contribution is -0.162. The number of hydrogen-bond acceptors (Lipinski definition) is 2. The number of halogens is 6. The van der Waals surface area contributed by atoms with Gasteiger partial charge in [-0.1, -0.05) is 18.2 Å². The maximum Gasteiger partial charge on any atom is 0.417 e. The van der Waals surface area contributed by atoms with Crippen LogP contribution in [0.2, 0.25) is 0 Å². The van der Waals surface area contributed by atoms with E-state index < -0.39 is 46.9 Å². The molecule has 0 saturated carbocycles. The molecule has 0 atom stereocenters. The van der Waals surface area contributed by atoms with Gasteiger partial charge < -0.3 is 0 Å². The number of fused-ring (bicyclic) bond motifs is 6. The van der Waals surface area contributed by atoms with E-state index in [1.807, 2.05) is 13.8 Å². The molecule has 0 unspecified atom stereocenters. The van der Waals surface area contributed by atoms with Crippen molar-refractivity contribution in [3.63, 3.8) is 0 Å². The van der Waals surface area contributed by atoms with Gasteiger partial charge in [-0.2, -0.15) is 26.3 Å². The predicted molar refractivity (Wildman–Crippen MR) is 133 cm³/mol. The highest BCUT2D eigenvalue weighted by Gasteiger charge is 2.47. The van der Waals surface area contributed by atoms with Gasteiger partial charge in [0.2, 0.25) is 0 Å². The number of aryl methyl sites for hydroxylation is 1. The van der Waals surface area contributed by atoms with Gasteiger partial charge in [-0.25, -0.2) is 20.2 Å². The van der Waals surface area contributed by atoms with Crippen LogP contribution in [-0.2, 0) is 25.2 Å². The summed E-state index contributed by atoms with van der Waals surface area (Å²) in [6.45, 7) is 19.0. The van der Waals surface area contributed by atoms with Crippen LogP contribution < -0.4 is 10.4 Å². The van der Waals surface area contributed by atoms with Gasteiger partial charge >= 0.3 is 12.4 Å². The highest BCUT2D eigenvalue weighted by atomic mass is 19.4. The normalized spacial score (nSPS) is 14.5. The first-order valence-electron chi connectivity index (χ1n) is 11.7. The molecule has 2 aliphatic rings. The maximum absolute atomic E-state index is 14.2. The van der Waals surface area contributed by atoms with Crippen LogP contribution in [-0.4, -0.2) is 0 Å². The molecule has 0 radical (unpaired) electrons. The van der Waals surface area contributed by atoms with E-state index in [2.05, 4.69) is 9.69 Å². The molecule has 0 saturated heterocycles. The first-order valence-corrected chi connectivity index (χ1v) is 11.7. The summed E-state index contributed by atoms with van der Waals surface area (Å²) in [5.74, 6) is 0. The monoisotopic (exact) mass is 544 g/mol. The second-order valence-corrected chi connectivity index (χ2v) is 9.50. The van der Waals surface area contributed by atoms with Crippen LogP contribution in [0.3, 0.4) is 0 Å². The Morgan fingerprint density at radius 1 is 0.725 bits per heavy atom. The second kappa shape index (κ2) is 8.73. The van der Waals surface area contributed by atoms with Crippen molar-refractivity contribution in [3.05, 3.63) is 102 Å². The Labute approximate surface area is 224 Å². The molecule has 10 heteroatoms. The number of benzene rings is 3. The minimum atomic E-state index is -5.38. The Morgan fingerprint density at radius 2 is 1.23 bits per heavy atom. The minimum Gasteiger partial charge on any atom is -0.226 e. The third-order valence-electron chi connectivity index (χ3n) is 7.63. The fraction of sp³-hybridized carbons (Fsp3) is 0.200. The molecule has 0 aliphatic heterocycles. The highest BCUT2D eigenvalue weighted by Crippen LogP contribution is 2.49. The fourth-order valence-corrected chi connectivity index (χ4v) is 5.92. The molecule has 0 bridgehead atoms. The van der Waals surface area contributed by atoms with Gasteiger partial charge in [-0.05, 0) is 93.6 Å². The zero-order valence-corrected chi connectivity index (χ0v) is 20.8. The van der Waals surface area contributed by atoms with E-state index in [4.69, 9.17) is 13.1 Å². The Balaban J connectivity index is 2.12. The molecule has 3 aromatic rings. The zero-order chi connectivity index (χ0) is 29.3. The van der Waals surface area contributed by atoms with E-state index in [0.717, 1.165) is 22.8 Å². The average Bonchev–Trinajstić information content (AvgIpc) is 3.46. The Kier molecular flexibility index (Phi) is 5.79. The van der Waals surface area contributed by atoms with E-state index >= 15 is 0 Å². The van der Waals surface area contributed by atoms with Gasteiger partial charge in [0.15, 0.2) is 0 Å². The molecule has 4 nitrogen and oxygen atoms in total. The molecule has 0 N–H and O–H groups in total. The van der Waals surface area contributed by atoms with Crippen molar-refractivity contribution >= 4 is 11.4 Å². The van der Waals surface area contributed by atoms with Crippen LogP contribution in [0, 0.1) is 49.7 Å². The first-order chi connectivity index (χ1) is 18.8. The van der Waals surface area contributed by atoms with E-state index in [9.17, 15) is 36.9 Å². The Bertz CT molecular complexity index is 1950. The van der Waals surface area contributed by atoms with E-state index in [-0.39, 0.29) is 33.5 Å². The van der Waals surface area contributed by atoms with Crippen molar-refractivity contribution in [2.45, 2.75) is 39.0 Å². The molecule has 0 heterocycles. The molecule has 0 spiro atoms. The van der Waals surface area contributed by atoms with Crippen LogP contribution in [0.5, 0.6) is 0 Å². The first kappa shape index (κ1) is 26.5. The molecule has 0 aromatic heterocycles. The Hall–Kier alpha value is -5.06. The maximum atomic E-state index is 14.2. The standard InChI is InChI=1S/C30H14F6N4/c1-13-5-6-15-17(14(13)2)9-19-24(22(11-37)39-3)20-10-18-16(26(20)27(25(15)19)23(12-38)40-4)7-8-21(29(31,32)33)28(18)30(34,35)36/h5-8H,9-10H2,1-2H3/b24-22+,27-23+. The lowest BCUT2D eigenvalue weighted by Gasteiger charge is -2.19. The van der Waals surface area contributed by atoms with Crippen molar-refractivity contribution in [3.8, 4) is 34.4 Å². The number of alkyl halides is 6. The number of hydrogen-bond donors (Lipinski definition) is 0. The van der Waals surface area contributed by atoms with Crippen molar-refractivity contribution < 1.29 is 26.3 Å². The van der Waals surface area contributed by atoms with Crippen molar-refractivity contribution in [2.75, 3.05) is 0 Å². The average molecular weight is 544 g/mol. The zero-order valence-electron chi connectivity index (χ0n) is 20.8. The molecule has 40 heavy (non-hydrogen) atoms. The van der Waals surface area contributed by atoms with Crippen molar-refractivity contribution in [1.29, 1.82) is 10.5 Å². The van der Waals surface area contributed by atoms with E-state index in [1.54, 1.807) is 24.3 Å². The van der Waals surface area contributed by atoms with Gasteiger partial charge in [0.1, 0.15) is 0 Å². The summed E-state index contributed by atoms with van der Waals surface area (Å²) in [6, 6.07) is 8.41. The summed E-state index contributed by atoms with van der Waals surface area (Å²) in [5, 5.41) is 19.8. The predicted octanol–water partition coefficient (Wildman–Crippen LogP) is 6.59. The summed E-state index contributed by atoms with van der Waals surface area (Å²) in [4.78, 5) is 6.64. The smallest absolute Gasteiger partial charge is 0.226 e. The van der Waals surface area contributed by atoms with Crippen LogP contribution in [0.15, 0.2) is 24.3 Å². The second-order valence-electron chi connectivity index (χ2n) is 9.50. The van der Waals surface area contributed by atoms with Crippen LogP contribution >= 0.6 is 0 Å². The van der Waals surface area contributed by atoms with Gasteiger partial charge in [0.05, 0.1) is 36.4 Å². The van der Waals surface area contributed by atoms with Gasteiger partial charge in [0.25, 0.3) is 11.4 Å². The highest BCUT2D eigenvalue weighted by molar-refractivity contribution is 5.94. The van der Waals surface area contributed by atoms with Gasteiger partial charge in [-0.3, -0.25) is 0 Å². The third-order valence-corrected chi connectivity index (χ3v) is 7.63. The lowest BCUT2D eigenvalue weighted by atomic mass is 9.90.